The number of hydrogen-bond acceptors (Lipinski definition) is 8. The first-order valence-corrected chi connectivity index (χ1v) is 16.3. The number of sulfonamides is 1. The summed E-state index contributed by atoms with van der Waals surface area (Å²) in [5, 5.41) is 2.39. The third-order valence-corrected chi connectivity index (χ3v) is 8.30. The van der Waals surface area contributed by atoms with Gasteiger partial charge in [-0.3, -0.25) is 19.2 Å². The number of rotatable bonds is 8. The number of amides is 2. The molecule has 0 radical (unpaired) electrons. The van der Waals surface area contributed by atoms with Gasteiger partial charge in [0.1, 0.15) is 6.61 Å². The Morgan fingerprint density at radius 3 is 2.59 bits per heavy atom. The molecule has 0 saturated carbocycles. The van der Waals surface area contributed by atoms with E-state index in [1.807, 2.05) is 24.3 Å². The molecule has 13 heteroatoms. The SMILES string of the molecule is COCC(=O)N1CCCN(Cc2ccccc2)CCN(C(=O)Cc2csc(NS(C)(=O)=O)n2)Cc2ccc(Cl)cc21. The van der Waals surface area contributed by atoms with E-state index in [9.17, 15) is 18.0 Å². The lowest BCUT2D eigenvalue weighted by molar-refractivity contribution is -0.131. The number of thiazole rings is 1. The summed E-state index contributed by atoms with van der Waals surface area (Å²) in [7, 11) is -1.99. The Kier molecular flexibility index (Phi) is 10.7. The number of nitrogens with one attached hydrogen (secondary N) is 1. The van der Waals surface area contributed by atoms with E-state index < -0.39 is 10.0 Å². The summed E-state index contributed by atoms with van der Waals surface area (Å²) in [4.78, 5) is 36.9. The van der Waals surface area contributed by atoms with Crippen LogP contribution < -0.4 is 9.62 Å². The molecule has 4 rings (SSSR count). The Morgan fingerprint density at radius 2 is 1.85 bits per heavy atom. The number of benzene rings is 2. The molecule has 3 aromatic rings. The first-order chi connectivity index (χ1) is 19.6. The summed E-state index contributed by atoms with van der Waals surface area (Å²) in [5.74, 6) is -0.341. The second-order valence-corrected chi connectivity index (χ2v) is 12.9. The van der Waals surface area contributed by atoms with Crippen molar-refractivity contribution in [1.82, 2.24) is 14.8 Å². The van der Waals surface area contributed by atoms with Gasteiger partial charge in [-0.25, -0.2) is 13.4 Å². The van der Waals surface area contributed by atoms with Crippen LogP contribution >= 0.6 is 22.9 Å². The van der Waals surface area contributed by atoms with Crippen molar-refractivity contribution < 1.29 is 22.7 Å². The molecule has 1 aliphatic rings. The van der Waals surface area contributed by atoms with Crippen molar-refractivity contribution in [3.8, 4) is 0 Å². The molecule has 220 valence electrons. The normalized spacial score (nSPS) is 15.2. The van der Waals surface area contributed by atoms with Crippen LogP contribution in [0.2, 0.25) is 5.02 Å². The van der Waals surface area contributed by atoms with Gasteiger partial charge >= 0.3 is 0 Å². The quantitative estimate of drug-likeness (QED) is 0.410. The van der Waals surface area contributed by atoms with Crippen LogP contribution in [0.15, 0.2) is 53.9 Å². The van der Waals surface area contributed by atoms with Gasteiger partial charge in [0.2, 0.25) is 15.9 Å². The number of halogens is 1. The van der Waals surface area contributed by atoms with E-state index in [0.717, 1.165) is 41.7 Å². The zero-order valence-corrected chi connectivity index (χ0v) is 25.5. The molecule has 2 amide bonds. The van der Waals surface area contributed by atoms with Crippen LogP contribution in [0.5, 0.6) is 0 Å². The largest absolute Gasteiger partial charge is 0.375 e. The average molecular weight is 620 g/mol. The van der Waals surface area contributed by atoms with Gasteiger partial charge in [0, 0.05) is 56.8 Å². The Morgan fingerprint density at radius 1 is 1.07 bits per heavy atom. The highest BCUT2D eigenvalue weighted by Gasteiger charge is 2.25. The Hall–Kier alpha value is -3.03. The molecule has 0 saturated heterocycles. The van der Waals surface area contributed by atoms with E-state index in [0.29, 0.717) is 42.6 Å². The van der Waals surface area contributed by atoms with Crippen LogP contribution in [0.3, 0.4) is 0 Å². The van der Waals surface area contributed by atoms with Gasteiger partial charge in [0.25, 0.3) is 5.91 Å². The standard InChI is InChI=1S/C28H34ClN5O5S2/c1-39-19-27(36)34-12-6-11-32(17-21-7-4-3-5-8-21)13-14-33(18-22-9-10-23(29)15-25(22)34)26(35)16-24-20-40-28(30-24)31-41(2,37)38/h3-5,7-10,15,20H,6,11-14,16-19H2,1-2H3,(H,30,31). The molecule has 0 bridgehead atoms. The molecule has 0 atom stereocenters. The van der Waals surface area contributed by atoms with Gasteiger partial charge < -0.3 is 14.5 Å². The number of hydrogen-bond donors (Lipinski definition) is 1. The van der Waals surface area contributed by atoms with Crippen molar-refractivity contribution in [2.24, 2.45) is 0 Å². The highest BCUT2D eigenvalue weighted by molar-refractivity contribution is 7.92. The maximum atomic E-state index is 13.7. The zero-order valence-electron chi connectivity index (χ0n) is 23.1. The molecule has 0 aliphatic carbocycles. The number of nitrogens with zero attached hydrogens (tertiary/aromatic N) is 4. The first-order valence-electron chi connectivity index (χ1n) is 13.2. The number of methoxy groups -OCH3 is 1. The number of ether oxygens (including phenoxy) is 1. The number of aromatic nitrogens is 1. The van der Waals surface area contributed by atoms with E-state index in [1.165, 1.54) is 7.11 Å². The monoisotopic (exact) mass is 619 g/mol. The molecule has 0 spiro atoms. The van der Waals surface area contributed by atoms with Crippen molar-refractivity contribution in [3.05, 3.63) is 75.8 Å². The molecule has 0 unspecified atom stereocenters. The maximum Gasteiger partial charge on any atom is 0.252 e. The second kappa shape index (κ2) is 14.2. The second-order valence-electron chi connectivity index (χ2n) is 9.88. The lowest BCUT2D eigenvalue weighted by atomic mass is 10.1. The van der Waals surface area contributed by atoms with Gasteiger partial charge in [-0.05, 0) is 29.7 Å². The predicted molar refractivity (Wildman–Crippen MR) is 162 cm³/mol. The minimum atomic E-state index is -3.47. The molecule has 10 nitrogen and oxygen atoms in total. The first kappa shape index (κ1) is 30.9. The topological polar surface area (TPSA) is 112 Å². The van der Waals surface area contributed by atoms with Crippen LogP contribution in [0, 0.1) is 0 Å². The van der Waals surface area contributed by atoms with E-state index in [4.69, 9.17) is 16.3 Å². The van der Waals surface area contributed by atoms with Crippen molar-refractivity contribution in [2.45, 2.75) is 25.9 Å². The Balaban J connectivity index is 1.63. The van der Waals surface area contributed by atoms with Crippen molar-refractivity contribution >= 4 is 55.6 Å². The van der Waals surface area contributed by atoms with Crippen molar-refractivity contribution in [2.75, 3.05) is 55.8 Å². The van der Waals surface area contributed by atoms with Gasteiger partial charge in [-0.1, -0.05) is 48.0 Å². The minimum Gasteiger partial charge on any atom is -0.375 e. The molecule has 1 aliphatic heterocycles. The average Bonchev–Trinajstić information content (AvgIpc) is 3.33. The number of carbonyl (C=O) groups excluding carboxylic acids is 2. The van der Waals surface area contributed by atoms with Crippen molar-refractivity contribution in [1.29, 1.82) is 0 Å². The highest BCUT2D eigenvalue weighted by atomic mass is 35.5. The number of anilines is 2. The molecule has 0 fully saturated rings. The molecular weight excluding hydrogens is 586 g/mol. The third kappa shape index (κ3) is 9.23. The molecule has 41 heavy (non-hydrogen) atoms. The molecule has 1 N–H and O–H groups in total. The molecule has 1 aromatic heterocycles. The Labute approximate surface area is 249 Å². The van der Waals surface area contributed by atoms with Crippen LogP contribution in [0.25, 0.3) is 0 Å². The van der Waals surface area contributed by atoms with Gasteiger partial charge in [-0.15, -0.1) is 11.3 Å². The fourth-order valence-corrected chi connectivity index (χ4v) is 6.42. The molecule has 2 aromatic carbocycles. The number of carbonyl (C=O) groups is 2. The predicted octanol–water partition coefficient (Wildman–Crippen LogP) is 3.62. The summed E-state index contributed by atoms with van der Waals surface area (Å²) < 4.78 is 30.7. The van der Waals surface area contributed by atoms with E-state index in [-0.39, 0.29) is 36.5 Å². The minimum absolute atomic E-state index is 0.00979. The molecular formula is C28H34ClN5O5S2. The van der Waals surface area contributed by atoms with Gasteiger partial charge in [0.15, 0.2) is 5.13 Å². The summed E-state index contributed by atoms with van der Waals surface area (Å²) in [5.41, 5.74) is 3.09. The van der Waals surface area contributed by atoms with Crippen LogP contribution in [-0.2, 0) is 43.9 Å². The molecule has 2 heterocycles. The van der Waals surface area contributed by atoms with Crippen molar-refractivity contribution in [3.63, 3.8) is 0 Å². The fraction of sp³-hybridized carbons (Fsp3) is 0.393. The third-order valence-electron chi connectivity index (χ3n) is 6.57. The summed E-state index contributed by atoms with van der Waals surface area (Å²) in [6, 6.07) is 15.5. The lowest BCUT2D eigenvalue weighted by Crippen LogP contribution is -2.39. The van der Waals surface area contributed by atoms with Crippen LogP contribution in [-0.4, -0.2) is 81.2 Å². The number of fused-ring (bicyclic) bond motifs is 1. The smallest absolute Gasteiger partial charge is 0.252 e. The van der Waals surface area contributed by atoms with E-state index in [2.05, 4.69) is 26.7 Å². The van der Waals surface area contributed by atoms with Crippen LogP contribution in [0.1, 0.15) is 23.2 Å². The maximum absolute atomic E-state index is 13.7. The van der Waals surface area contributed by atoms with Crippen LogP contribution in [0.4, 0.5) is 10.8 Å². The summed E-state index contributed by atoms with van der Waals surface area (Å²) in [6.45, 7) is 3.18. The van der Waals surface area contributed by atoms with E-state index >= 15 is 0 Å². The van der Waals surface area contributed by atoms with E-state index in [1.54, 1.807) is 27.3 Å². The highest BCUT2D eigenvalue weighted by Crippen LogP contribution is 2.28. The fourth-order valence-electron chi connectivity index (χ4n) is 4.69. The lowest BCUT2D eigenvalue weighted by Gasteiger charge is -2.28. The summed E-state index contributed by atoms with van der Waals surface area (Å²) in [6.07, 6.45) is 1.78. The summed E-state index contributed by atoms with van der Waals surface area (Å²) >= 11 is 7.51. The van der Waals surface area contributed by atoms with Gasteiger partial charge in [0.05, 0.1) is 24.1 Å². The van der Waals surface area contributed by atoms with Gasteiger partial charge in [-0.2, -0.15) is 0 Å². The Bertz CT molecular complexity index is 1450. The zero-order chi connectivity index (χ0) is 29.4.